The number of nitrogens with zero attached hydrogens (tertiary/aromatic N) is 2. The van der Waals surface area contributed by atoms with Crippen LogP contribution in [0.1, 0.15) is 44.2 Å². The Balaban J connectivity index is 2.28. The van der Waals surface area contributed by atoms with Crippen molar-refractivity contribution < 1.29 is 9.59 Å². The smallest absolute Gasteiger partial charge is 0.251 e. The predicted octanol–water partition coefficient (Wildman–Crippen LogP) is 2.70. The van der Waals surface area contributed by atoms with E-state index in [4.69, 9.17) is 0 Å². The van der Waals surface area contributed by atoms with E-state index in [0.717, 1.165) is 30.1 Å². The molecule has 1 aromatic heterocycles. The molecule has 1 heterocycles. The summed E-state index contributed by atoms with van der Waals surface area (Å²) in [5, 5.41) is 3.48. The first-order chi connectivity index (χ1) is 10.9. The minimum absolute atomic E-state index is 0.00769. The summed E-state index contributed by atoms with van der Waals surface area (Å²) < 4.78 is 0. The van der Waals surface area contributed by atoms with Gasteiger partial charge in [0.05, 0.1) is 5.69 Å². The van der Waals surface area contributed by atoms with E-state index < -0.39 is 6.04 Å². The first kappa shape index (κ1) is 17.7. The number of rotatable bonds is 6. The van der Waals surface area contributed by atoms with Gasteiger partial charge in [0.1, 0.15) is 6.04 Å². The van der Waals surface area contributed by atoms with Crippen LogP contribution < -0.4 is 10.2 Å². The Bertz CT molecular complexity index is 571. The quantitative estimate of drug-likeness (QED) is 0.813. The van der Waals surface area contributed by atoms with E-state index in [1.165, 1.54) is 18.2 Å². The summed E-state index contributed by atoms with van der Waals surface area (Å²) in [6, 6.07) is -0.548. The van der Waals surface area contributed by atoms with Crippen LogP contribution in [0.15, 0.2) is 12.7 Å². The zero-order valence-corrected chi connectivity index (χ0v) is 14.9. The van der Waals surface area contributed by atoms with Gasteiger partial charge in [0.2, 0.25) is 5.91 Å². The molecular weight excluding hydrogens is 310 g/mol. The third-order valence-corrected chi connectivity index (χ3v) is 5.11. The minimum Gasteiger partial charge on any atom is -0.344 e. The summed E-state index contributed by atoms with van der Waals surface area (Å²) in [4.78, 5) is 32.0. The van der Waals surface area contributed by atoms with E-state index in [-0.39, 0.29) is 17.7 Å². The Kier molecular flexibility index (Phi) is 5.93. The summed E-state index contributed by atoms with van der Waals surface area (Å²) in [5.41, 5.74) is 1.12. The molecule has 0 spiro atoms. The van der Waals surface area contributed by atoms with Crippen LogP contribution in [-0.2, 0) is 22.4 Å². The molecule has 6 heteroatoms. The lowest BCUT2D eigenvalue weighted by atomic mass is 10.0. The Morgan fingerprint density at radius 1 is 1.39 bits per heavy atom. The average molecular weight is 335 g/mol. The van der Waals surface area contributed by atoms with Crippen LogP contribution >= 0.6 is 11.3 Å². The van der Waals surface area contributed by atoms with Crippen molar-refractivity contribution in [3.8, 4) is 0 Å². The number of carbonyl (C=O) groups is 2. The predicted molar refractivity (Wildman–Crippen MR) is 93.7 cm³/mol. The average Bonchev–Trinajstić information content (AvgIpc) is 2.92. The fourth-order valence-electron chi connectivity index (χ4n) is 2.75. The van der Waals surface area contributed by atoms with Crippen LogP contribution in [0.5, 0.6) is 0 Å². The summed E-state index contributed by atoms with van der Waals surface area (Å²) in [5.74, 6) is -0.316. The third-order valence-electron chi connectivity index (χ3n) is 3.93. The molecule has 0 saturated heterocycles. The summed E-state index contributed by atoms with van der Waals surface area (Å²) in [6.07, 6.45) is 6.07. The van der Waals surface area contributed by atoms with E-state index >= 15 is 0 Å². The Morgan fingerprint density at radius 3 is 2.65 bits per heavy atom. The summed E-state index contributed by atoms with van der Waals surface area (Å²) >= 11 is 1.59. The minimum atomic E-state index is -0.548. The molecule has 2 rings (SSSR count). The standard InChI is InChI=1S/C17H25N3O2S/c1-5-10-20(16(22)15(11(2)3)18-12(4)21)17-19-13-8-6-7-9-14(13)23-17/h5,11,15H,1,6-10H2,2-4H3,(H,18,21)/t15-/m1/s1. The van der Waals surface area contributed by atoms with Gasteiger partial charge in [0, 0.05) is 18.3 Å². The molecule has 0 bridgehead atoms. The van der Waals surface area contributed by atoms with Crippen LogP contribution in [0.4, 0.5) is 5.13 Å². The van der Waals surface area contributed by atoms with Gasteiger partial charge in [-0.15, -0.1) is 17.9 Å². The van der Waals surface area contributed by atoms with E-state index in [9.17, 15) is 9.59 Å². The Labute approximate surface area is 141 Å². The number of aromatic nitrogens is 1. The number of fused-ring (bicyclic) bond motifs is 1. The van der Waals surface area contributed by atoms with E-state index in [1.54, 1.807) is 22.3 Å². The molecule has 1 aliphatic rings. The van der Waals surface area contributed by atoms with E-state index in [0.29, 0.717) is 6.54 Å². The second-order valence-electron chi connectivity index (χ2n) is 6.23. The molecule has 1 N–H and O–H groups in total. The molecule has 0 fully saturated rings. The van der Waals surface area contributed by atoms with Gasteiger partial charge >= 0.3 is 0 Å². The highest BCUT2D eigenvalue weighted by Gasteiger charge is 2.30. The molecular formula is C17H25N3O2S. The van der Waals surface area contributed by atoms with Crippen molar-refractivity contribution in [1.29, 1.82) is 0 Å². The van der Waals surface area contributed by atoms with Crippen LogP contribution in [0.3, 0.4) is 0 Å². The van der Waals surface area contributed by atoms with Crippen LogP contribution in [0, 0.1) is 5.92 Å². The van der Waals surface area contributed by atoms with Gasteiger partial charge in [0.25, 0.3) is 5.91 Å². The molecule has 1 aromatic rings. The monoisotopic (exact) mass is 335 g/mol. The van der Waals surface area contributed by atoms with Gasteiger partial charge in [-0.1, -0.05) is 19.9 Å². The SMILES string of the molecule is C=CCN(C(=O)[C@H](NC(C)=O)C(C)C)c1nc2c(s1)CCCC2. The van der Waals surface area contributed by atoms with Crippen molar-refractivity contribution in [2.24, 2.45) is 5.92 Å². The highest BCUT2D eigenvalue weighted by atomic mass is 32.1. The van der Waals surface area contributed by atoms with Crippen LogP contribution in [-0.4, -0.2) is 29.4 Å². The van der Waals surface area contributed by atoms with Crippen molar-refractivity contribution in [2.45, 2.75) is 52.5 Å². The van der Waals surface area contributed by atoms with Gasteiger partial charge in [-0.2, -0.15) is 0 Å². The van der Waals surface area contributed by atoms with Crippen molar-refractivity contribution in [3.63, 3.8) is 0 Å². The largest absolute Gasteiger partial charge is 0.344 e. The maximum atomic E-state index is 13.0. The zero-order valence-electron chi connectivity index (χ0n) is 14.1. The second-order valence-corrected chi connectivity index (χ2v) is 7.30. The summed E-state index contributed by atoms with van der Waals surface area (Å²) in [7, 11) is 0. The maximum Gasteiger partial charge on any atom is 0.251 e. The molecule has 0 unspecified atom stereocenters. The third kappa shape index (κ3) is 4.19. The van der Waals surface area contributed by atoms with Gasteiger partial charge in [-0.3, -0.25) is 14.5 Å². The fraction of sp³-hybridized carbons (Fsp3) is 0.588. The number of anilines is 1. The van der Waals surface area contributed by atoms with Gasteiger partial charge in [-0.25, -0.2) is 4.98 Å². The van der Waals surface area contributed by atoms with E-state index in [2.05, 4.69) is 16.9 Å². The number of hydrogen-bond acceptors (Lipinski definition) is 4. The summed E-state index contributed by atoms with van der Waals surface area (Å²) in [6.45, 7) is 9.44. The number of carbonyl (C=O) groups excluding carboxylic acids is 2. The topological polar surface area (TPSA) is 62.3 Å². The first-order valence-corrected chi connectivity index (χ1v) is 8.93. The second kappa shape index (κ2) is 7.73. The lowest BCUT2D eigenvalue weighted by Gasteiger charge is -2.27. The maximum absolute atomic E-state index is 13.0. The lowest BCUT2D eigenvalue weighted by molar-refractivity contribution is -0.127. The highest BCUT2D eigenvalue weighted by molar-refractivity contribution is 7.16. The molecule has 126 valence electrons. The zero-order chi connectivity index (χ0) is 17.0. The van der Waals surface area contributed by atoms with Gasteiger partial charge in [-0.05, 0) is 31.6 Å². The lowest BCUT2D eigenvalue weighted by Crippen LogP contribution is -2.51. The molecule has 0 saturated carbocycles. The number of nitrogens with one attached hydrogen (secondary N) is 1. The molecule has 1 aliphatic carbocycles. The molecule has 0 radical (unpaired) electrons. The highest BCUT2D eigenvalue weighted by Crippen LogP contribution is 2.32. The number of hydrogen-bond donors (Lipinski definition) is 1. The molecule has 0 aliphatic heterocycles. The molecule has 0 aromatic carbocycles. The number of aryl methyl sites for hydroxylation is 2. The Hall–Kier alpha value is -1.69. The number of thiazole rings is 1. The van der Waals surface area contributed by atoms with Crippen molar-refractivity contribution >= 4 is 28.3 Å². The number of amides is 2. The van der Waals surface area contributed by atoms with E-state index in [1.807, 2.05) is 13.8 Å². The van der Waals surface area contributed by atoms with Gasteiger partial charge in [0.15, 0.2) is 5.13 Å². The van der Waals surface area contributed by atoms with Crippen LogP contribution in [0.25, 0.3) is 0 Å². The van der Waals surface area contributed by atoms with Crippen molar-refractivity contribution in [3.05, 3.63) is 23.2 Å². The molecule has 23 heavy (non-hydrogen) atoms. The molecule has 5 nitrogen and oxygen atoms in total. The van der Waals surface area contributed by atoms with Gasteiger partial charge < -0.3 is 5.32 Å². The molecule has 1 atom stereocenters. The van der Waals surface area contributed by atoms with Crippen LogP contribution in [0.2, 0.25) is 0 Å². The molecule has 2 amide bonds. The fourth-order valence-corrected chi connectivity index (χ4v) is 3.91. The van der Waals surface area contributed by atoms with Crippen molar-refractivity contribution in [1.82, 2.24) is 10.3 Å². The Morgan fingerprint density at radius 2 is 2.09 bits per heavy atom. The van der Waals surface area contributed by atoms with Crippen molar-refractivity contribution in [2.75, 3.05) is 11.4 Å². The normalized spacial score (nSPS) is 15.0. The first-order valence-electron chi connectivity index (χ1n) is 8.12.